The molecule has 1 N–H and O–H groups in total. The molecule has 1 aromatic carbocycles. The van der Waals surface area contributed by atoms with Gasteiger partial charge in [-0.2, -0.15) is 9.78 Å². The maximum Gasteiger partial charge on any atom is 0.346 e. The molecule has 4 nitrogen and oxygen atoms in total. The number of carbonyl (C=O) groups is 1. The summed E-state index contributed by atoms with van der Waals surface area (Å²) >= 11 is 5.78. The van der Waals surface area contributed by atoms with E-state index >= 15 is 0 Å². The number of halogens is 1. The van der Waals surface area contributed by atoms with Crippen LogP contribution < -0.4 is 5.32 Å². The predicted octanol–water partition coefficient (Wildman–Crippen LogP) is 2.62. The van der Waals surface area contributed by atoms with E-state index in [0.29, 0.717) is 10.7 Å². The number of nitrogens with one attached hydrogen (secondary N) is 1. The van der Waals surface area contributed by atoms with Gasteiger partial charge in [0.25, 0.3) is 0 Å². The van der Waals surface area contributed by atoms with Crippen LogP contribution in [0.25, 0.3) is 0 Å². The zero-order chi connectivity index (χ0) is 10.7. The van der Waals surface area contributed by atoms with Crippen LogP contribution >= 0.6 is 11.6 Å². The van der Waals surface area contributed by atoms with Gasteiger partial charge in [-0.05, 0) is 24.3 Å². The highest BCUT2D eigenvalue weighted by molar-refractivity contribution is 6.30. The standard InChI is InChI=1S/C10H8ClN3O/c11-8-3-1-4-9(7-8)13-10(15)14-6-2-5-12-14/h1-7H,(H,13,15). The lowest BCUT2D eigenvalue weighted by Gasteiger charge is -2.04. The molecule has 0 radical (unpaired) electrons. The minimum absolute atomic E-state index is 0.317. The zero-order valence-electron chi connectivity index (χ0n) is 7.72. The van der Waals surface area contributed by atoms with Gasteiger partial charge in [-0.3, -0.25) is 0 Å². The molecule has 0 fully saturated rings. The summed E-state index contributed by atoms with van der Waals surface area (Å²) in [6, 6.07) is 8.29. The molecule has 0 spiro atoms. The number of carbonyl (C=O) groups excluding carboxylic acids is 1. The fraction of sp³-hybridized carbons (Fsp3) is 0. The number of hydrogen-bond donors (Lipinski definition) is 1. The Labute approximate surface area is 91.5 Å². The van der Waals surface area contributed by atoms with Crippen LogP contribution in [-0.4, -0.2) is 15.8 Å². The van der Waals surface area contributed by atoms with Crippen molar-refractivity contribution in [2.24, 2.45) is 0 Å². The molecule has 2 rings (SSSR count). The van der Waals surface area contributed by atoms with Gasteiger partial charge < -0.3 is 5.32 Å². The smallest absolute Gasteiger partial charge is 0.306 e. The molecule has 0 aliphatic rings. The largest absolute Gasteiger partial charge is 0.346 e. The second-order valence-electron chi connectivity index (χ2n) is 2.89. The summed E-state index contributed by atoms with van der Waals surface area (Å²) in [5, 5.41) is 7.05. The fourth-order valence-electron chi connectivity index (χ4n) is 1.14. The van der Waals surface area contributed by atoms with E-state index in [1.807, 2.05) is 0 Å². The van der Waals surface area contributed by atoms with Gasteiger partial charge in [-0.25, -0.2) is 4.79 Å². The quantitative estimate of drug-likeness (QED) is 0.805. The Balaban J connectivity index is 2.13. The number of rotatable bonds is 1. The first-order valence-corrected chi connectivity index (χ1v) is 4.70. The third kappa shape index (κ3) is 2.35. The minimum Gasteiger partial charge on any atom is -0.306 e. The number of anilines is 1. The molecule has 0 aliphatic heterocycles. The molecule has 0 aliphatic carbocycles. The third-order valence-electron chi connectivity index (χ3n) is 1.79. The summed E-state index contributed by atoms with van der Waals surface area (Å²) in [6.45, 7) is 0. The van der Waals surface area contributed by atoms with Crippen LogP contribution in [0.15, 0.2) is 42.7 Å². The molecule has 1 amide bonds. The molecular formula is C10H8ClN3O. The van der Waals surface area contributed by atoms with Crippen LogP contribution in [0.1, 0.15) is 0 Å². The van der Waals surface area contributed by atoms with Gasteiger partial charge in [-0.15, -0.1) is 0 Å². The highest BCUT2D eigenvalue weighted by Crippen LogP contribution is 2.14. The molecule has 0 saturated heterocycles. The Morgan fingerprint density at radius 3 is 2.93 bits per heavy atom. The first-order chi connectivity index (χ1) is 7.25. The van der Waals surface area contributed by atoms with E-state index in [1.165, 1.54) is 10.9 Å². The second-order valence-corrected chi connectivity index (χ2v) is 3.33. The fourth-order valence-corrected chi connectivity index (χ4v) is 1.33. The summed E-state index contributed by atoms with van der Waals surface area (Å²) in [6.07, 6.45) is 3.11. The first-order valence-electron chi connectivity index (χ1n) is 4.32. The SMILES string of the molecule is O=C(Nc1cccc(Cl)c1)n1cccn1. The molecule has 0 unspecified atom stereocenters. The summed E-state index contributed by atoms with van der Waals surface area (Å²) in [5.74, 6) is 0. The summed E-state index contributed by atoms with van der Waals surface area (Å²) in [5.41, 5.74) is 0.642. The number of aromatic nitrogens is 2. The average molecular weight is 222 g/mol. The maximum absolute atomic E-state index is 11.5. The molecule has 1 heterocycles. The van der Waals surface area contributed by atoms with Crippen molar-refractivity contribution in [2.75, 3.05) is 5.32 Å². The molecule has 76 valence electrons. The van der Waals surface area contributed by atoms with Crippen LogP contribution in [0.4, 0.5) is 10.5 Å². The van der Waals surface area contributed by atoms with Gasteiger partial charge in [-0.1, -0.05) is 17.7 Å². The van der Waals surface area contributed by atoms with Crippen LogP contribution in [0.2, 0.25) is 5.02 Å². The average Bonchev–Trinajstić information content (AvgIpc) is 2.70. The molecule has 5 heteroatoms. The van der Waals surface area contributed by atoms with Crippen molar-refractivity contribution in [3.8, 4) is 0 Å². The highest BCUT2D eigenvalue weighted by Gasteiger charge is 2.04. The van der Waals surface area contributed by atoms with Gasteiger partial charge in [0.1, 0.15) is 0 Å². The molecular weight excluding hydrogens is 214 g/mol. The topological polar surface area (TPSA) is 46.9 Å². The van der Waals surface area contributed by atoms with E-state index in [2.05, 4.69) is 10.4 Å². The van der Waals surface area contributed by atoms with E-state index < -0.39 is 0 Å². The van der Waals surface area contributed by atoms with Crippen molar-refractivity contribution in [1.82, 2.24) is 9.78 Å². The maximum atomic E-state index is 11.5. The van der Waals surface area contributed by atoms with E-state index in [4.69, 9.17) is 11.6 Å². The zero-order valence-corrected chi connectivity index (χ0v) is 8.48. The summed E-state index contributed by atoms with van der Waals surface area (Å²) < 4.78 is 1.21. The van der Waals surface area contributed by atoms with Gasteiger partial charge in [0.2, 0.25) is 0 Å². The lowest BCUT2D eigenvalue weighted by Crippen LogP contribution is -2.19. The Kier molecular flexibility index (Phi) is 2.69. The predicted molar refractivity (Wildman–Crippen MR) is 58.1 cm³/mol. The van der Waals surface area contributed by atoms with Crippen molar-refractivity contribution in [2.45, 2.75) is 0 Å². The Bertz CT molecular complexity index is 467. The second kappa shape index (κ2) is 4.14. The lowest BCUT2D eigenvalue weighted by atomic mass is 10.3. The van der Waals surface area contributed by atoms with Crippen molar-refractivity contribution < 1.29 is 4.79 Å². The molecule has 0 atom stereocenters. The van der Waals surface area contributed by atoms with Crippen LogP contribution in [0.3, 0.4) is 0 Å². The van der Waals surface area contributed by atoms with Crippen molar-refractivity contribution in [3.05, 3.63) is 47.7 Å². The monoisotopic (exact) mass is 221 g/mol. The van der Waals surface area contributed by atoms with Crippen LogP contribution in [0.5, 0.6) is 0 Å². The van der Waals surface area contributed by atoms with E-state index in [-0.39, 0.29) is 6.03 Å². The summed E-state index contributed by atoms with van der Waals surface area (Å²) in [7, 11) is 0. The van der Waals surface area contributed by atoms with Gasteiger partial charge in [0.15, 0.2) is 0 Å². The number of hydrogen-bond acceptors (Lipinski definition) is 2. The lowest BCUT2D eigenvalue weighted by molar-refractivity contribution is 0.251. The van der Waals surface area contributed by atoms with E-state index in [9.17, 15) is 4.79 Å². The van der Waals surface area contributed by atoms with Gasteiger partial charge in [0, 0.05) is 23.1 Å². The summed E-state index contributed by atoms with van der Waals surface area (Å²) in [4.78, 5) is 11.5. The number of amides is 1. The van der Waals surface area contributed by atoms with Crippen LogP contribution in [0, 0.1) is 0 Å². The number of benzene rings is 1. The minimum atomic E-state index is -0.317. The normalized spacial score (nSPS) is 9.93. The highest BCUT2D eigenvalue weighted by atomic mass is 35.5. The number of nitrogens with zero attached hydrogens (tertiary/aromatic N) is 2. The molecule has 15 heavy (non-hydrogen) atoms. The van der Waals surface area contributed by atoms with Crippen molar-refractivity contribution in [1.29, 1.82) is 0 Å². The Morgan fingerprint density at radius 2 is 2.27 bits per heavy atom. The third-order valence-corrected chi connectivity index (χ3v) is 2.02. The van der Waals surface area contributed by atoms with Gasteiger partial charge >= 0.3 is 6.03 Å². The van der Waals surface area contributed by atoms with Crippen molar-refractivity contribution >= 4 is 23.3 Å². The molecule has 2 aromatic rings. The first kappa shape index (κ1) is 9.73. The molecule has 1 aromatic heterocycles. The molecule has 0 bridgehead atoms. The van der Waals surface area contributed by atoms with Crippen molar-refractivity contribution in [3.63, 3.8) is 0 Å². The van der Waals surface area contributed by atoms with Crippen LogP contribution in [-0.2, 0) is 0 Å². The van der Waals surface area contributed by atoms with E-state index in [1.54, 1.807) is 36.5 Å². The van der Waals surface area contributed by atoms with E-state index in [0.717, 1.165) is 0 Å². The van der Waals surface area contributed by atoms with Gasteiger partial charge in [0.05, 0.1) is 0 Å². The molecule has 0 saturated carbocycles. The Hall–Kier alpha value is -1.81. The Morgan fingerprint density at radius 1 is 1.40 bits per heavy atom.